The monoisotopic (exact) mass is 389 g/mol. The van der Waals surface area contributed by atoms with Gasteiger partial charge in [-0.15, -0.1) is 0 Å². The van der Waals surface area contributed by atoms with Crippen LogP contribution in [-0.4, -0.2) is 69.8 Å². The number of aliphatic hydroxyl groups excluding tert-OH is 1. The molecular weight excluding hydrogens is 358 g/mol. The van der Waals surface area contributed by atoms with E-state index in [-0.39, 0.29) is 35.6 Å². The zero-order chi connectivity index (χ0) is 19.2. The van der Waals surface area contributed by atoms with Crippen molar-refractivity contribution in [3.05, 3.63) is 18.4 Å². The van der Waals surface area contributed by atoms with Crippen LogP contribution in [0.1, 0.15) is 57.1 Å². The molecule has 1 amide bonds. The molecule has 28 heavy (non-hydrogen) atoms. The fourth-order valence-electron chi connectivity index (χ4n) is 6.04. The molecule has 4 aliphatic rings. The molecule has 2 aliphatic carbocycles. The molecule has 7 nitrogen and oxygen atoms in total. The van der Waals surface area contributed by atoms with Gasteiger partial charge in [-0.25, -0.2) is 4.98 Å². The Bertz CT molecular complexity index is 705. The molecule has 5 rings (SSSR count). The fraction of sp³-hybridized carbons (Fsp3) is 0.810. The summed E-state index contributed by atoms with van der Waals surface area (Å²) in [6.07, 6.45) is 11.2. The van der Waals surface area contributed by atoms with E-state index in [1.165, 1.54) is 12.8 Å². The summed E-state index contributed by atoms with van der Waals surface area (Å²) in [6, 6.07) is 0.220. The van der Waals surface area contributed by atoms with E-state index < -0.39 is 0 Å². The van der Waals surface area contributed by atoms with Gasteiger partial charge in [-0.05, 0) is 38.5 Å². The number of carbonyl (C=O) groups excluding carboxylic acids is 1. The molecule has 1 spiro atoms. The van der Waals surface area contributed by atoms with E-state index in [1.807, 2.05) is 4.90 Å². The number of oxazole rings is 1. The van der Waals surface area contributed by atoms with Gasteiger partial charge in [0, 0.05) is 36.6 Å². The first-order valence-electron chi connectivity index (χ1n) is 10.8. The SMILES string of the molecule is O=C(CC1CN(Cc2cocn2)C2(CCC2)CO1)N1CC[C@@]2(CO)CCC[C@@H]12. The molecule has 0 aromatic carbocycles. The molecule has 1 aromatic heterocycles. The van der Waals surface area contributed by atoms with Crippen LogP contribution in [0.25, 0.3) is 0 Å². The van der Waals surface area contributed by atoms with E-state index in [9.17, 15) is 9.90 Å². The van der Waals surface area contributed by atoms with Gasteiger partial charge in [-0.2, -0.15) is 0 Å². The maximum atomic E-state index is 13.1. The van der Waals surface area contributed by atoms with E-state index >= 15 is 0 Å². The van der Waals surface area contributed by atoms with Crippen molar-refractivity contribution in [2.45, 2.75) is 75.6 Å². The third-order valence-electron chi connectivity index (χ3n) is 7.93. The number of hydrogen-bond acceptors (Lipinski definition) is 6. The number of morpholine rings is 1. The summed E-state index contributed by atoms with van der Waals surface area (Å²) in [5.74, 6) is 0.193. The molecule has 0 bridgehead atoms. The average Bonchev–Trinajstić information content (AvgIpc) is 3.37. The maximum Gasteiger partial charge on any atom is 0.225 e. The second kappa shape index (κ2) is 7.11. The number of ether oxygens (including phenoxy) is 1. The van der Waals surface area contributed by atoms with Crippen LogP contribution in [0, 0.1) is 5.41 Å². The number of nitrogens with zero attached hydrogens (tertiary/aromatic N) is 3. The minimum atomic E-state index is -0.0730. The summed E-state index contributed by atoms with van der Waals surface area (Å²) in [7, 11) is 0. The minimum Gasteiger partial charge on any atom is -0.451 e. The van der Waals surface area contributed by atoms with Gasteiger partial charge in [0.25, 0.3) is 0 Å². The Morgan fingerprint density at radius 2 is 2.18 bits per heavy atom. The topological polar surface area (TPSA) is 79.0 Å². The molecule has 3 atom stereocenters. The molecule has 3 heterocycles. The standard InChI is InChI=1S/C21H31N3O4/c25-13-20-4-1-3-18(20)24(8-7-20)19(26)9-17-11-23(10-16-12-27-15-22-16)21(14-28-17)5-2-6-21/h12,15,17-18,25H,1-11,13-14H2/t17?,18-,20-/m1/s1. The van der Waals surface area contributed by atoms with Crippen molar-refractivity contribution >= 4 is 5.91 Å². The van der Waals surface area contributed by atoms with Crippen molar-refractivity contribution < 1.29 is 19.1 Å². The molecule has 7 heteroatoms. The van der Waals surface area contributed by atoms with Gasteiger partial charge in [0.15, 0.2) is 6.39 Å². The van der Waals surface area contributed by atoms with Crippen LogP contribution in [0.3, 0.4) is 0 Å². The normalized spacial score (nSPS) is 34.5. The average molecular weight is 389 g/mol. The number of fused-ring (bicyclic) bond motifs is 1. The zero-order valence-corrected chi connectivity index (χ0v) is 16.5. The number of likely N-dealkylation sites (tertiary alicyclic amines) is 1. The number of aliphatic hydroxyl groups is 1. The summed E-state index contributed by atoms with van der Waals surface area (Å²) >= 11 is 0. The van der Waals surface area contributed by atoms with Gasteiger partial charge >= 0.3 is 0 Å². The molecule has 4 fully saturated rings. The number of rotatable bonds is 5. The fourth-order valence-corrected chi connectivity index (χ4v) is 6.04. The maximum absolute atomic E-state index is 13.1. The number of amides is 1. The van der Waals surface area contributed by atoms with Crippen molar-refractivity contribution in [3.8, 4) is 0 Å². The highest BCUT2D eigenvalue weighted by molar-refractivity contribution is 5.77. The first kappa shape index (κ1) is 18.6. The van der Waals surface area contributed by atoms with Crippen molar-refractivity contribution in [2.24, 2.45) is 5.41 Å². The van der Waals surface area contributed by atoms with Crippen LogP contribution in [0.2, 0.25) is 0 Å². The van der Waals surface area contributed by atoms with Gasteiger partial charge in [0.2, 0.25) is 5.91 Å². The van der Waals surface area contributed by atoms with Crippen LogP contribution in [0.15, 0.2) is 17.1 Å². The van der Waals surface area contributed by atoms with Gasteiger partial charge in [0.1, 0.15) is 6.26 Å². The Morgan fingerprint density at radius 3 is 2.89 bits per heavy atom. The molecule has 154 valence electrons. The summed E-state index contributed by atoms with van der Waals surface area (Å²) < 4.78 is 11.3. The largest absolute Gasteiger partial charge is 0.451 e. The van der Waals surface area contributed by atoms with E-state index in [1.54, 1.807) is 6.26 Å². The predicted octanol–water partition coefficient (Wildman–Crippen LogP) is 1.95. The summed E-state index contributed by atoms with van der Waals surface area (Å²) in [5.41, 5.74) is 1.01. The van der Waals surface area contributed by atoms with Crippen molar-refractivity contribution in [1.29, 1.82) is 0 Å². The lowest BCUT2D eigenvalue weighted by atomic mass is 9.74. The van der Waals surface area contributed by atoms with Crippen LogP contribution in [0.4, 0.5) is 0 Å². The van der Waals surface area contributed by atoms with Crippen LogP contribution >= 0.6 is 0 Å². The summed E-state index contributed by atoms with van der Waals surface area (Å²) in [4.78, 5) is 21.9. The molecule has 2 saturated carbocycles. The van der Waals surface area contributed by atoms with E-state index in [2.05, 4.69) is 9.88 Å². The third kappa shape index (κ3) is 2.99. The predicted molar refractivity (Wildman–Crippen MR) is 101 cm³/mol. The van der Waals surface area contributed by atoms with Crippen LogP contribution < -0.4 is 0 Å². The Labute approximate surface area is 166 Å². The summed E-state index contributed by atoms with van der Waals surface area (Å²) in [6.45, 7) is 3.21. The molecule has 1 unspecified atom stereocenters. The second-order valence-corrected chi connectivity index (χ2v) is 9.34. The van der Waals surface area contributed by atoms with Crippen LogP contribution in [0.5, 0.6) is 0 Å². The molecule has 1 aromatic rings. The second-order valence-electron chi connectivity index (χ2n) is 9.34. The Morgan fingerprint density at radius 1 is 1.29 bits per heavy atom. The van der Waals surface area contributed by atoms with Gasteiger partial charge < -0.3 is 19.2 Å². The van der Waals surface area contributed by atoms with E-state index in [0.29, 0.717) is 13.0 Å². The van der Waals surface area contributed by atoms with E-state index in [4.69, 9.17) is 9.15 Å². The minimum absolute atomic E-state index is 0.0436. The molecule has 2 aliphatic heterocycles. The lowest BCUT2D eigenvalue weighted by Gasteiger charge is -2.54. The lowest BCUT2D eigenvalue weighted by Crippen LogP contribution is -2.63. The zero-order valence-electron chi connectivity index (χ0n) is 16.5. The number of hydrogen-bond donors (Lipinski definition) is 1. The van der Waals surface area contributed by atoms with E-state index in [0.717, 1.165) is 63.9 Å². The van der Waals surface area contributed by atoms with Gasteiger partial charge in [0.05, 0.1) is 31.4 Å². The number of carbonyl (C=O) groups is 1. The van der Waals surface area contributed by atoms with Crippen LogP contribution in [-0.2, 0) is 16.1 Å². The molecule has 0 radical (unpaired) electrons. The Balaban J connectivity index is 1.24. The molecular formula is C21H31N3O4. The summed E-state index contributed by atoms with van der Waals surface area (Å²) in [5, 5.41) is 9.91. The highest BCUT2D eigenvalue weighted by Gasteiger charge is 2.52. The lowest BCUT2D eigenvalue weighted by molar-refractivity contribution is -0.159. The van der Waals surface area contributed by atoms with Crippen molar-refractivity contribution in [1.82, 2.24) is 14.8 Å². The van der Waals surface area contributed by atoms with Crippen molar-refractivity contribution in [2.75, 3.05) is 26.3 Å². The Kier molecular flexibility index (Phi) is 4.72. The highest BCUT2D eigenvalue weighted by Crippen LogP contribution is 2.49. The van der Waals surface area contributed by atoms with Crippen molar-refractivity contribution in [3.63, 3.8) is 0 Å². The first-order valence-corrected chi connectivity index (χ1v) is 10.8. The molecule has 1 N–H and O–H groups in total. The molecule has 2 saturated heterocycles. The highest BCUT2D eigenvalue weighted by atomic mass is 16.5. The number of aromatic nitrogens is 1. The smallest absolute Gasteiger partial charge is 0.225 e. The third-order valence-corrected chi connectivity index (χ3v) is 7.93. The van der Waals surface area contributed by atoms with Gasteiger partial charge in [-0.1, -0.05) is 6.42 Å². The first-order chi connectivity index (χ1) is 13.6. The quantitative estimate of drug-likeness (QED) is 0.829. The van der Waals surface area contributed by atoms with Gasteiger partial charge in [-0.3, -0.25) is 9.69 Å². The Hall–Kier alpha value is -1.44.